The van der Waals surface area contributed by atoms with Crippen molar-refractivity contribution in [2.24, 2.45) is 5.92 Å². The van der Waals surface area contributed by atoms with Crippen LogP contribution in [0.2, 0.25) is 0 Å². The molecule has 7 nitrogen and oxygen atoms in total. The molecule has 1 aliphatic heterocycles. The van der Waals surface area contributed by atoms with Gasteiger partial charge in [-0.1, -0.05) is 31.2 Å². The first-order valence-corrected chi connectivity index (χ1v) is 10.7. The Bertz CT molecular complexity index is 796. The molecule has 0 saturated carbocycles. The van der Waals surface area contributed by atoms with Gasteiger partial charge in [0.25, 0.3) is 5.91 Å². The number of amides is 1. The first kappa shape index (κ1) is 21.3. The number of benzene rings is 1. The number of aromatic nitrogens is 3. The lowest BCUT2D eigenvalue weighted by molar-refractivity contribution is 0.0945. The predicted octanol–water partition coefficient (Wildman–Crippen LogP) is 3.26. The normalized spacial score (nSPS) is 14.9. The van der Waals surface area contributed by atoms with E-state index in [4.69, 9.17) is 4.74 Å². The van der Waals surface area contributed by atoms with Crippen molar-refractivity contribution in [1.29, 1.82) is 0 Å². The molecule has 0 atom stereocenters. The molecular formula is C22H33N5O2. The highest BCUT2D eigenvalue weighted by Crippen LogP contribution is 2.21. The minimum absolute atomic E-state index is 0.212. The van der Waals surface area contributed by atoms with E-state index in [-0.39, 0.29) is 5.91 Å². The number of nitrogens with zero attached hydrogens (tertiary/aromatic N) is 3. The second-order valence-corrected chi connectivity index (χ2v) is 8.24. The Morgan fingerprint density at radius 3 is 2.90 bits per heavy atom. The highest BCUT2D eigenvalue weighted by Gasteiger charge is 2.19. The third kappa shape index (κ3) is 6.29. The fourth-order valence-corrected chi connectivity index (χ4v) is 3.51. The first-order chi connectivity index (χ1) is 14.0. The van der Waals surface area contributed by atoms with Gasteiger partial charge in [-0.2, -0.15) is 0 Å². The molecule has 1 fully saturated rings. The summed E-state index contributed by atoms with van der Waals surface area (Å²) in [4.78, 5) is 12.5. The number of carbonyl (C=O) groups is 1. The van der Waals surface area contributed by atoms with Crippen molar-refractivity contribution < 1.29 is 9.53 Å². The standard InChI is InChI=1S/C22H33N5O2/c1-16(2)5-4-12-29-21-13-17(3)6-7-18(21)14-24-22(28)20-15-27(26-25-20)19-8-10-23-11-9-19/h6-7,13,15-16,19,23H,4-5,8-12,14H2,1-3H3,(H,24,28). The van der Waals surface area contributed by atoms with Crippen LogP contribution in [0, 0.1) is 12.8 Å². The van der Waals surface area contributed by atoms with Gasteiger partial charge in [-0.25, -0.2) is 4.68 Å². The van der Waals surface area contributed by atoms with Crippen molar-refractivity contribution in [1.82, 2.24) is 25.6 Å². The van der Waals surface area contributed by atoms with Gasteiger partial charge in [-0.05, 0) is 63.2 Å². The minimum atomic E-state index is -0.212. The number of nitrogens with one attached hydrogen (secondary N) is 2. The second kappa shape index (κ2) is 10.4. The number of hydrogen-bond donors (Lipinski definition) is 2. The van der Waals surface area contributed by atoms with Crippen LogP contribution in [-0.4, -0.2) is 40.6 Å². The minimum Gasteiger partial charge on any atom is -0.493 e. The Hall–Kier alpha value is -2.41. The van der Waals surface area contributed by atoms with E-state index < -0.39 is 0 Å². The topological polar surface area (TPSA) is 81.1 Å². The quantitative estimate of drug-likeness (QED) is 0.633. The molecule has 0 bridgehead atoms. The van der Waals surface area contributed by atoms with E-state index in [1.54, 1.807) is 6.20 Å². The Labute approximate surface area is 173 Å². The summed E-state index contributed by atoms with van der Waals surface area (Å²) in [5.41, 5.74) is 2.47. The number of hydrogen-bond acceptors (Lipinski definition) is 5. The molecule has 2 N–H and O–H groups in total. The van der Waals surface area contributed by atoms with Crippen molar-refractivity contribution in [3.8, 4) is 5.75 Å². The van der Waals surface area contributed by atoms with Crippen LogP contribution in [0.4, 0.5) is 0 Å². The molecule has 0 spiro atoms. The summed E-state index contributed by atoms with van der Waals surface area (Å²) < 4.78 is 7.82. The zero-order valence-corrected chi connectivity index (χ0v) is 17.8. The van der Waals surface area contributed by atoms with Crippen LogP contribution >= 0.6 is 0 Å². The summed E-state index contributed by atoms with van der Waals surface area (Å²) in [6.45, 7) is 9.51. The molecule has 1 aliphatic rings. The Kier molecular flexibility index (Phi) is 7.63. The average molecular weight is 400 g/mol. The van der Waals surface area contributed by atoms with Crippen molar-refractivity contribution >= 4 is 5.91 Å². The molecule has 29 heavy (non-hydrogen) atoms. The Balaban J connectivity index is 1.56. The van der Waals surface area contributed by atoms with Gasteiger partial charge in [0.15, 0.2) is 5.69 Å². The van der Waals surface area contributed by atoms with Crippen LogP contribution in [0.3, 0.4) is 0 Å². The summed E-state index contributed by atoms with van der Waals surface area (Å²) in [7, 11) is 0. The smallest absolute Gasteiger partial charge is 0.273 e. The van der Waals surface area contributed by atoms with Gasteiger partial charge in [0, 0.05) is 12.1 Å². The van der Waals surface area contributed by atoms with E-state index in [9.17, 15) is 4.79 Å². The SMILES string of the molecule is Cc1ccc(CNC(=O)c2cn(C3CCNCC3)nn2)c(OCCCC(C)C)c1. The Morgan fingerprint density at radius 2 is 2.14 bits per heavy atom. The van der Waals surface area contributed by atoms with E-state index in [0.29, 0.717) is 30.8 Å². The van der Waals surface area contributed by atoms with Gasteiger partial charge in [-0.15, -0.1) is 5.10 Å². The van der Waals surface area contributed by atoms with Gasteiger partial charge < -0.3 is 15.4 Å². The number of rotatable bonds is 9. The highest BCUT2D eigenvalue weighted by atomic mass is 16.5. The third-order valence-electron chi connectivity index (χ3n) is 5.27. The highest BCUT2D eigenvalue weighted by molar-refractivity contribution is 5.91. The lowest BCUT2D eigenvalue weighted by atomic mass is 10.1. The summed E-state index contributed by atoms with van der Waals surface area (Å²) in [6, 6.07) is 6.40. The van der Waals surface area contributed by atoms with E-state index in [0.717, 1.165) is 55.6 Å². The lowest BCUT2D eigenvalue weighted by Crippen LogP contribution is -2.29. The first-order valence-electron chi connectivity index (χ1n) is 10.7. The molecule has 1 aromatic carbocycles. The van der Waals surface area contributed by atoms with Crippen molar-refractivity contribution in [3.63, 3.8) is 0 Å². The molecule has 0 unspecified atom stereocenters. The second-order valence-electron chi connectivity index (χ2n) is 8.24. The molecule has 1 saturated heterocycles. The van der Waals surface area contributed by atoms with Crippen molar-refractivity contribution in [3.05, 3.63) is 41.2 Å². The van der Waals surface area contributed by atoms with Gasteiger partial charge >= 0.3 is 0 Å². The molecule has 3 rings (SSSR count). The van der Waals surface area contributed by atoms with E-state index in [2.05, 4.69) is 34.8 Å². The Morgan fingerprint density at radius 1 is 1.34 bits per heavy atom. The van der Waals surface area contributed by atoms with Gasteiger partial charge in [0.05, 0.1) is 18.8 Å². The zero-order valence-electron chi connectivity index (χ0n) is 17.8. The van der Waals surface area contributed by atoms with Crippen LogP contribution in [0.5, 0.6) is 5.75 Å². The maximum absolute atomic E-state index is 12.5. The van der Waals surface area contributed by atoms with E-state index in [1.807, 2.05) is 29.8 Å². The number of piperidine rings is 1. The monoisotopic (exact) mass is 399 g/mol. The van der Waals surface area contributed by atoms with Crippen molar-refractivity contribution in [2.45, 2.75) is 59.0 Å². The van der Waals surface area contributed by atoms with Gasteiger partial charge in [0.2, 0.25) is 0 Å². The number of carbonyl (C=O) groups excluding carboxylic acids is 1. The lowest BCUT2D eigenvalue weighted by Gasteiger charge is -2.22. The summed E-state index contributed by atoms with van der Waals surface area (Å²) in [5, 5.41) is 14.5. The molecule has 1 amide bonds. The van der Waals surface area contributed by atoms with Crippen LogP contribution < -0.4 is 15.4 Å². The van der Waals surface area contributed by atoms with Crippen LogP contribution in [0.15, 0.2) is 24.4 Å². The number of aryl methyl sites for hydroxylation is 1. The van der Waals surface area contributed by atoms with E-state index in [1.165, 1.54) is 0 Å². The van der Waals surface area contributed by atoms with Gasteiger partial charge in [-0.3, -0.25) is 4.79 Å². The maximum atomic E-state index is 12.5. The molecular weight excluding hydrogens is 366 g/mol. The average Bonchev–Trinajstić information content (AvgIpc) is 3.21. The molecule has 2 heterocycles. The molecule has 0 radical (unpaired) electrons. The molecule has 2 aromatic rings. The van der Waals surface area contributed by atoms with Crippen LogP contribution in [0.1, 0.15) is 67.2 Å². The fraction of sp³-hybridized carbons (Fsp3) is 0.591. The predicted molar refractivity (Wildman–Crippen MR) is 113 cm³/mol. The summed E-state index contributed by atoms with van der Waals surface area (Å²) in [6.07, 6.45) is 5.93. The molecule has 158 valence electrons. The number of ether oxygens (including phenoxy) is 1. The zero-order chi connectivity index (χ0) is 20.6. The summed E-state index contributed by atoms with van der Waals surface area (Å²) in [5.74, 6) is 1.30. The third-order valence-corrected chi connectivity index (χ3v) is 5.27. The molecule has 0 aliphatic carbocycles. The molecule has 7 heteroatoms. The molecule has 1 aromatic heterocycles. The van der Waals surface area contributed by atoms with Crippen LogP contribution in [0.25, 0.3) is 0 Å². The maximum Gasteiger partial charge on any atom is 0.273 e. The van der Waals surface area contributed by atoms with Crippen molar-refractivity contribution in [2.75, 3.05) is 19.7 Å². The van der Waals surface area contributed by atoms with Gasteiger partial charge in [0.1, 0.15) is 5.75 Å². The summed E-state index contributed by atoms with van der Waals surface area (Å²) >= 11 is 0. The van der Waals surface area contributed by atoms with Crippen LogP contribution in [-0.2, 0) is 6.54 Å². The fourth-order valence-electron chi connectivity index (χ4n) is 3.51. The largest absolute Gasteiger partial charge is 0.493 e. The van der Waals surface area contributed by atoms with E-state index >= 15 is 0 Å².